The third-order valence-corrected chi connectivity index (χ3v) is 4.74. The molecule has 144 valence electrons. The van der Waals surface area contributed by atoms with Crippen molar-refractivity contribution in [1.29, 1.82) is 0 Å². The van der Waals surface area contributed by atoms with Crippen LogP contribution in [0.4, 0.5) is 5.82 Å². The van der Waals surface area contributed by atoms with E-state index in [2.05, 4.69) is 25.2 Å². The van der Waals surface area contributed by atoms with Gasteiger partial charge in [-0.25, -0.2) is 15.0 Å². The Morgan fingerprint density at radius 1 is 1.14 bits per heavy atom. The predicted octanol–water partition coefficient (Wildman–Crippen LogP) is 2.20. The van der Waals surface area contributed by atoms with Gasteiger partial charge in [0.15, 0.2) is 0 Å². The predicted molar refractivity (Wildman–Crippen MR) is 105 cm³/mol. The van der Waals surface area contributed by atoms with Crippen LogP contribution in [-0.4, -0.2) is 45.6 Å². The Kier molecular flexibility index (Phi) is 5.18. The number of aromatic nitrogens is 4. The highest BCUT2D eigenvalue weighted by Crippen LogP contribution is 2.19. The Morgan fingerprint density at radius 3 is 2.79 bits per heavy atom. The second-order valence-corrected chi connectivity index (χ2v) is 6.63. The molecule has 1 N–H and O–H groups in total. The van der Waals surface area contributed by atoms with E-state index in [0.717, 1.165) is 30.2 Å². The van der Waals surface area contributed by atoms with Crippen molar-refractivity contribution in [2.75, 3.05) is 25.1 Å². The van der Waals surface area contributed by atoms with Crippen molar-refractivity contribution in [1.82, 2.24) is 24.8 Å². The van der Waals surface area contributed by atoms with Gasteiger partial charge < -0.3 is 15.0 Å². The second kappa shape index (κ2) is 8.08. The number of methoxy groups -OCH3 is 1. The molecule has 3 heterocycles. The van der Waals surface area contributed by atoms with E-state index in [9.17, 15) is 4.79 Å². The molecule has 0 spiro atoms. The molecule has 2 aromatic heterocycles. The zero-order chi connectivity index (χ0) is 19.3. The van der Waals surface area contributed by atoms with Crippen molar-refractivity contribution in [3.05, 3.63) is 60.4 Å². The number of hydrogen-bond acceptors (Lipinski definition) is 6. The summed E-state index contributed by atoms with van der Waals surface area (Å²) in [6.07, 6.45) is 7.18. The van der Waals surface area contributed by atoms with Crippen LogP contribution in [0.25, 0.3) is 5.82 Å². The van der Waals surface area contributed by atoms with Gasteiger partial charge in [0.05, 0.1) is 7.11 Å². The van der Waals surface area contributed by atoms with Crippen LogP contribution < -0.4 is 15.0 Å². The number of hydrogen-bond donors (Lipinski definition) is 1. The van der Waals surface area contributed by atoms with E-state index >= 15 is 0 Å². The number of carbonyl (C=O) groups excluding carboxylic acids is 1. The zero-order valence-electron chi connectivity index (χ0n) is 15.7. The first kappa shape index (κ1) is 18.0. The minimum absolute atomic E-state index is 0.240. The average Bonchev–Trinajstić information content (AvgIpc) is 3.44. The van der Waals surface area contributed by atoms with Crippen LogP contribution in [-0.2, 0) is 6.54 Å². The van der Waals surface area contributed by atoms with Crippen molar-refractivity contribution < 1.29 is 9.53 Å². The molecule has 1 fully saturated rings. The summed E-state index contributed by atoms with van der Waals surface area (Å²) in [5, 5.41) is 2.88. The smallest absolute Gasteiger partial charge is 0.271 e. The molecular weight excluding hydrogens is 356 g/mol. The van der Waals surface area contributed by atoms with E-state index in [0.29, 0.717) is 18.1 Å². The molecule has 0 radical (unpaired) electrons. The fourth-order valence-electron chi connectivity index (χ4n) is 3.22. The lowest BCUT2D eigenvalue weighted by Gasteiger charge is -2.16. The lowest BCUT2D eigenvalue weighted by atomic mass is 10.2. The first-order valence-corrected chi connectivity index (χ1v) is 9.25. The highest BCUT2D eigenvalue weighted by Gasteiger charge is 2.15. The third kappa shape index (κ3) is 3.95. The summed E-state index contributed by atoms with van der Waals surface area (Å²) >= 11 is 0. The van der Waals surface area contributed by atoms with E-state index in [-0.39, 0.29) is 5.91 Å². The fourth-order valence-corrected chi connectivity index (χ4v) is 3.22. The van der Waals surface area contributed by atoms with Gasteiger partial charge in [-0.05, 0) is 30.5 Å². The third-order valence-electron chi connectivity index (χ3n) is 4.74. The highest BCUT2D eigenvalue weighted by atomic mass is 16.5. The molecule has 1 amide bonds. The number of amides is 1. The number of rotatable bonds is 6. The number of nitrogens with zero attached hydrogens (tertiary/aromatic N) is 5. The number of ether oxygens (including phenoxy) is 1. The summed E-state index contributed by atoms with van der Waals surface area (Å²) in [6.45, 7) is 2.42. The molecule has 0 unspecified atom stereocenters. The average molecular weight is 378 g/mol. The van der Waals surface area contributed by atoms with Gasteiger partial charge in [0.25, 0.3) is 5.91 Å². The number of benzene rings is 1. The molecule has 1 saturated heterocycles. The molecule has 1 aliphatic heterocycles. The first-order valence-electron chi connectivity index (χ1n) is 9.25. The monoisotopic (exact) mass is 378 g/mol. The van der Waals surface area contributed by atoms with Crippen LogP contribution in [0.2, 0.25) is 0 Å². The quantitative estimate of drug-likeness (QED) is 0.708. The van der Waals surface area contributed by atoms with E-state index in [4.69, 9.17) is 4.74 Å². The summed E-state index contributed by atoms with van der Waals surface area (Å²) in [6, 6.07) is 9.50. The maximum atomic E-state index is 12.4. The summed E-state index contributed by atoms with van der Waals surface area (Å²) in [5.41, 5.74) is 1.29. The van der Waals surface area contributed by atoms with Crippen molar-refractivity contribution in [3.63, 3.8) is 0 Å². The van der Waals surface area contributed by atoms with Crippen LogP contribution in [0.3, 0.4) is 0 Å². The van der Waals surface area contributed by atoms with Gasteiger partial charge in [-0.3, -0.25) is 9.36 Å². The Bertz CT molecular complexity index is 965. The Balaban J connectivity index is 1.43. The van der Waals surface area contributed by atoms with Gasteiger partial charge in [-0.2, -0.15) is 0 Å². The molecule has 28 heavy (non-hydrogen) atoms. The van der Waals surface area contributed by atoms with E-state index in [1.54, 1.807) is 30.5 Å². The molecule has 3 aromatic rings. The molecular formula is C20H22N6O2. The zero-order valence-corrected chi connectivity index (χ0v) is 15.7. The summed E-state index contributed by atoms with van der Waals surface area (Å²) in [5.74, 6) is 2.11. The lowest BCUT2D eigenvalue weighted by Crippen LogP contribution is -2.23. The Hall–Kier alpha value is -3.42. The molecule has 0 saturated carbocycles. The Morgan fingerprint density at radius 2 is 1.96 bits per heavy atom. The molecule has 1 aliphatic rings. The maximum Gasteiger partial charge on any atom is 0.271 e. The molecule has 1 aromatic carbocycles. The van der Waals surface area contributed by atoms with Crippen molar-refractivity contribution in [2.24, 2.45) is 0 Å². The summed E-state index contributed by atoms with van der Waals surface area (Å²) in [7, 11) is 1.62. The maximum absolute atomic E-state index is 12.4. The van der Waals surface area contributed by atoms with E-state index in [1.165, 1.54) is 12.8 Å². The van der Waals surface area contributed by atoms with Gasteiger partial charge in [-0.1, -0.05) is 12.1 Å². The highest BCUT2D eigenvalue weighted by molar-refractivity contribution is 5.92. The summed E-state index contributed by atoms with van der Waals surface area (Å²) < 4.78 is 6.94. The molecule has 0 bridgehead atoms. The van der Waals surface area contributed by atoms with Crippen LogP contribution in [0.15, 0.2) is 49.2 Å². The van der Waals surface area contributed by atoms with Gasteiger partial charge >= 0.3 is 0 Å². The van der Waals surface area contributed by atoms with E-state index < -0.39 is 0 Å². The number of imidazole rings is 1. The number of carbonyl (C=O) groups is 1. The first-order chi connectivity index (χ1) is 13.7. The van der Waals surface area contributed by atoms with Gasteiger partial charge in [0.2, 0.25) is 0 Å². The van der Waals surface area contributed by atoms with Crippen LogP contribution in [0.5, 0.6) is 5.75 Å². The van der Waals surface area contributed by atoms with Crippen molar-refractivity contribution in [3.8, 4) is 11.6 Å². The van der Waals surface area contributed by atoms with Crippen LogP contribution >= 0.6 is 0 Å². The molecule has 4 rings (SSSR count). The standard InChI is InChI=1S/C20H22N6O2/c1-28-16-6-4-5-15(9-16)11-21-20(27)17-12-26(14-24-17)19-10-18(22-13-23-19)25-7-2-3-8-25/h4-6,9-10,12-14H,2-3,7-8,11H2,1H3,(H,21,27). The lowest BCUT2D eigenvalue weighted by molar-refractivity contribution is 0.0946. The topological polar surface area (TPSA) is 85.2 Å². The second-order valence-electron chi connectivity index (χ2n) is 6.63. The van der Waals surface area contributed by atoms with Crippen molar-refractivity contribution in [2.45, 2.75) is 19.4 Å². The molecule has 8 nitrogen and oxygen atoms in total. The molecule has 8 heteroatoms. The van der Waals surface area contributed by atoms with E-state index in [1.807, 2.05) is 30.3 Å². The number of nitrogens with one attached hydrogen (secondary N) is 1. The van der Waals surface area contributed by atoms with Gasteiger partial charge in [0.1, 0.15) is 35.7 Å². The Labute approximate surface area is 163 Å². The van der Waals surface area contributed by atoms with Crippen LogP contribution in [0, 0.1) is 0 Å². The largest absolute Gasteiger partial charge is 0.497 e. The number of anilines is 1. The molecule has 0 atom stereocenters. The SMILES string of the molecule is COc1cccc(CNC(=O)c2cn(-c3cc(N4CCCC4)ncn3)cn2)c1. The van der Waals surface area contributed by atoms with Crippen molar-refractivity contribution >= 4 is 11.7 Å². The van der Waals surface area contributed by atoms with Gasteiger partial charge in [-0.15, -0.1) is 0 Å². The van der Waals surface area contributed by atoms with Gasteiger partial charge in [0, 0.05) is 31.9 Å². The minimum Gasteiger partial charge on any atom is -0.497 e. The normalized spacial score (nSPS) is 13.5. The minimum atomic E-state index is -0.240. The fraction of sp³-hybridized carbons (Fsp3) is 0.300. The molecule has 0 aliphatic carbocycles. The van der Waals surface area contributed by atoms with Crippen LogP contribution in [0.1, 0.15) is 28.9 Å². The summed E-state index contributed by atoms with van der Waals surface area (Å²) in [4.78, 5) is 27.6.